The van der Waals surface area contributed by atoms with Crippen molar-refractivity contribution in [2.24, 2.45) is 0 Å². The molecule has 2 atom stereocenters. The molecule has 0 radical (unpaired) electrons. The van der Waals surface area contributed by atoms with Crippen LogP contribution in [0.2, 0.25) is 0 Å². The van der Waals surface area contributed by atoms with Crippen molar-refractivity contribution in [1.29, 1.82) is 0 Å². The van der Waals surface area contributed by atoms with E-state index in [9.17, 15) is 8.42 Å². The number of aromatic nitrogens is 3. The monoisotopic (exact) mass is 429 g/mol. The van der Waals surface area contributed by atoms with Gasteiger partial charge in [-0.15, -0.1) is 5.10 Å². The Morgan fingerprint density at radius 3 is 2.10 bits per heavy atom. The topological polar surface area (TPSA) is 107 Å². The van der Waals surface area contributed by atoms with Crippen molar-refractivity contribution in [3.05, 3.63) is 59.7 Å². The largest absolute Gasteiger partial charge is 0.497 e. The second-order valence-electron chi connectivity index (χ2n) is 7.07. The minimum Gasteiger partial charge on any atom is -0.497 e. The van der Waals surface area contributed by atoms with Gasteiger partial charge in [0.05, 0.1) is 32.6 Å². The van der Waals surface area contributed by atoms with Crippen molar-refractivity contribution in [3.8, 4) is 11.5 Å². The summed E-state index contributed by atoms with van der Waals surface area (Å²) in [6, 6.07) is 15.4. The number of methoxy groups -OCH3 is 2. The second-order valence-corrected chi connectivity index (χ2v) is 8.82. The van der Waals surface area contributed by atoms with Gasteiger partial charge in [-0.05, 0) is 41.8 Å². The molecule has 4 rings (SSSR count). The third-order valence-corrected chi connectivity index (χ3v) is 5.54. The molecular weight excluding hydrogens is 406 g/mol. The van der Waals surface area contributed by atoms with Gasteiger partial charge in [0, 0.05) is 0 Å². The number of benzene rings is 2. The minimum absolute atomic E-state index is 0.0360. The van der Waals surface area contributed by atoms with Crippen LogP contribution in [0.4, 0.5) is 11.9 Å². The molecule has 158 valence electrons. The van der Waals surface area contributed by atoms with Crippen LogP contribution in [0.3, 0.4) is 0 Å². The molecule has 0 fully saturated rings. The van der Waals surface area contributed by atoms with E-state index in [-0.39, 0.29) is 18.0 Å². The number of sulfonamides is 1. The molecule has 0 saturated heterocycles. The van der Waals surface area contributed by atoms with E-state index in [2.05, 4.69) is 20.1 Å². The molecule has 3 aromatic rings. The molecule has 2 heterocycles. The quantitative estimate of drug-likeness (QED) is 0.620. The molecule has 10 heteroatoms. The summed E-state index contributed by atoms with van der Waals surface area (Å²) in [6.07, 6.45) is 1.77. The number of nitrogens with one attached hydrogen (secondary N) is 2. The lowest BCUT2D eigenvalue weighted by atomic mass is 9.93. The maximum atomic E-state index is 11.6. The zero-order valence-corrected chi connectivity index (χ0v) is 17.7. The number of rotatable bonds is 6. The van der Waals surface area contributed by atoms with Crippen LogP contribution in [0.5, 0.6) is 11.5 Å². The summed E-state index contributed by atoms with van der Waals surface area (Å²) in [5.41, 5.74) is 2.09. The van der Waals surface area contributed by atoms with Gasteiger partial charge in [0.1, 0.15) is 11.5 Å². The summed E-state index contributed by atoms with van der Waals surface area (Å²) in [5, 5.41) is 7.76. The van der Waals surface area contributed by atoms with Crippen LogP contribution in [0.1, 0.15) is 29.6 Å². The maximum absolute atomic E-state index is 11.6. The van der Waals surface area contributed by atoms with Gasteiger partial charge in [-0.2, -0.15) is 4.98 Å². The molecule has 9 nitrogen and oxygen atoms in total. The van der Waals surface area contributed by atoms with Crippen LogP contribution in [-0.2, 0) is 10.0 Å². The molecule has 1 aliphatic heterocycles. The fraction of sp³-hybridized carbons (Fsp3) is 0.300. The van der Waals surface area contributed by atoms with Crippen molar-refractivity contribution < 1.29 is 17.9 Å². The Bertz CT molecular complexity index is 1130. The van der Waals surface area contributed by atoms with Crippen molar-refractivity contribution in [1.82, 2.24) is 14.8 Å². The first-order valence-corrected chi connectivity index (χ1v) is 11.2. The third kappa shape index (κ3) is 4.18. The predicted molar refractivity (Wildman–Crippen MR) is 114 cm³/mol. The van der Waals surface area contributed by atoms with Crippen LogP contribution in [0, 0.1) is 0 Å². The van der Waals surface area contributed by atoms with Gasteiger partial charge in [-0.3, -0.25) is 4.72 Å². The Kier molecular flexibility index (Phi) is 5.25. The van der Waals surface area contributed by atoms with Gasteiger partial charge in [-0.25, -0.2) is 13.1 Å². The van der Waals surface area contributed by atoms with Gasteiger partial charge >= 0.3 is 0 Å². The molecule has 1 aliphatic rings. The molecule has 0 unspecified atom stereocenters. The van der Waals surface area contributed by atoms with Gasteiger partial charge in [0.2, 0.25) is 16.0 Å². The van der Waals surface area contributed by atoms with E-state index in [1.165, 1.54) is 0 Å². The van der Waals surface area contributed by atoms with Crippen LogP contribution in [0.25, 0.3) is 0 Å². The molecule has 2 aromatic carbocycles. The number of anilines is 2. The molecule has 30 heavy (non-hydrogen) atoms. The Labute approximate surface area is 175 Å². The lowest BCUT2D eigenvalue weighted by Gasteiger charge is -2.31. The fourth-order valence-electron chi connectivity index (χ4n) is 3.54. The third-order valence-electron chi connectivity index (χ3n) is 4.98. The highest BCUT2D eigenvalue weighted by Crippen LogP contribution is 2.39. The van der Waals surface area contributed by atoms with Gasteiger partial charge in [0.15, 0.2) is 0 Å². The molecule has 0 saturated carbocycles. The normalized spacial score (nSPS) is 18.2. The summed E-state index contributed by atoms with van der Waals surface area (Å²) < 4.78 is 37.9. The van der Waals surface area contributed by atoms with E-state index in [1.54, 1.807) is 18.9 Å². The minimum atomic E-state index is -3.49. The molecular formula is C20H23N5O4S. The molecule has 0 spiro atoms. The maximum Gasteiger partial charge on any atom is 0.257 e. The first-order chi connectivity index (χ1) is 14.4. The Hall–Kier alpha value is -3.27. The SMILES string of the molecule is COc1ccc([C@H]2C[C@H](c3ccc(OC)cc3)Nc3nc(NS(C)(=O)=O)nn32)cc1. The zero-order valence-electron chi connectivity index (χ0n) is 16.9. The van der Waals surface area contributed by atoms with Crippen LogP contribution >= 0.6 is 0 Å². The number of fused-ring (bicyclic) bond motifs is 1. The molecule has 2 N–H and O–H groups in total. The van der Waals surface area contributed by atoms with Crippen LogP contribution in [-0.4, -0.2) is 43.7 Å². The van der Waals surface area contributed by atoms with E-state index in [1.807, 2.05) is 48.5 Å². The van der Waals surface area contributed by atoms with Crippen LogP contribution < -0.4 is 19.5 Å². The fourth-order valence-corrected chi connectivity index (χ4v) is 3.96. The standard InChI is InChI=1S/C20H23N5O4S/c1-28-15-8-4-13(5-9-15)17-12-18(14-6-10-16(29-2)11-7-14)25-20(21-17)22-19(23-25)24-30(3,26)27/h4-11,17-18H,12H2,1-3H3,(H2,21,22,23,24)/t17-,18-/m1/s1. The number of ether oxygens (including phenoxy) is 2. The highest BCUT2D eigenvalue weighted by atomic mass is 32.2. The van der Waals surface area contributed by atoms with E-state index < -0.39 is 10.0 Å². The molecule has 1 aromatic heterocycles. The van der Waals surface area contributed by atoms with E-state index >= 15 is 0 Å². The molecule has 0 amide bonds. The Balaban J connectivity index is 1.72. The highest BCUT2D eigenvalue weighted by Gasteiger charge is 2.31. The zero-order chi connectivity index (χ0) is 21.3. The smallest absolute Gasteiger partial charge is 0.257 e. The van der Waals surface area contributed by atoms with Crippen molar-refractivity contribution in [2.75, 3.05) is 30.5 Å². The Morgan fingerprint density at radius 1 is 1.00 bits per heavy atom. The second kappa shape index (κ2) is 7.86. The van der Waals surface area contributed by atoms with Crippen molar-refractivity contribution >= 4 is 21.9 Å². The Morgan fingerprint density at radius 2 is 1.57 bits per heavy atom. The lowest BCUT2D eigenvalue weighted by Crippen LogP contribution is -2.28. The van der Waals surface area contributed by atoms with Gasteiger partial charge < -0.3 is 14.8 Å². The number of hydrogen-bond acceptors (Lipinski definition) is 7. The van der Waals surface area contributed by atoms with E-state index in [0.29, 0.717) is 12.4 Å². The summed E-state index contributed by atoms with van der Waals surface area (Å²) in [4.78, 5) is 4.36. The average Bonchev–Trinajstić information content (AvgIpc) is 3.13. The predicted octanol–water partition coefficient (Wildman–Crippen LogP) is 2.81. The van der Waals surface area contributed by atoms with E-state index in [0.717, 1.165) is 28.9 Å². The van der Waals surface area contributed by atoms with Crippen LogP contribution in [0.15, 0.2) is 48.5 Å². The first kappa shape index (κ1) is 20.0. The van der Waals surface area contributed by atoms with E-state index in [4.69, 9.17) is 9.47 Å². The molecule has 0 aliphatic carbocycles. The highest BCUT2D eigenvalue weighted by molar-refractivity contribution is 7.91. The summed E-state index contributed by atoms with van der Waals surface area (Å²) in [7, 11) is -0.233. The van der Waals surface area contributed by atoms with Crippen molar-refractivity contribution in [3.63, 3.8) is 0 Å². The number of nitrogens with zero attached hydrogens (tertiary/aromatic N) is 3. The lowest BCUT2D eigenvalue weighted by molar-refractivity contribution is 0.410. The van der Waals surface area contributed by atoms with Crippen molar-refractivity contribution in [2.45, 2.75) is 18.5 Å². The summed E-state index contributed by atoms with van der Waals surface area (Å²) >= 11 is 0. The first-order valence-electron chi connectivity index (χ1n) is 9.35. The molecule has 0 bridgehead atoms. The van der Waals surface area contributed by atoms with Gasteiger partial charge in [0.25, 0.3) is 5.95 Å². The summed E-state index contributed by atoms with van der Waals surface area (Å²) in [6.45, 7) is 0. The average molecular weight is 430 g/mol. The number of hydrogen-bond donors (Lipinski definition) is 2. The van der Waals surface area contributed by atoms with Gasteiger partial charge in [-0.1, -0.05) is 24.3 Å². The summed E-state index contributed by atoms with van der Waals surface area (Å²) in [5.74, 6) is 2.07.